The monoisotopic (exact) mass is 293 g/mol. The number of carboxylic acids is 1. The lowest BCUT2D eigenvalue weighted by molar-refractivity contribution is -0.148. The van der Waals surface area contributed by atoms with Crippen LogP contribution in [-0.4, -0.2) is 54.8 Å². The molecule has 1 aliphatic heterocycles. The molecule has 0 aliphatic carbocycles. The van der Waals surface area contributed by atoms with Gasteiger partial charge >= 0.3 is 12.0 Å². The van der Waals surface area contributed by atoms with E-state index in [1.165, 1.54) is 4.90 Å². The fourth-order valence-electron chi connectivity index (χ4n) is 2.31. The predicted molar refractivity (Wildman–Crippen MR) is 68.0 cm³/mol. The molecule has 9 heteroatoms. The molecule has 1 saturated heterocycles. The fraction of sp³-hybridized carbons (Fsp3) is 0.800. The van der Waals surface area contributed by atoms with Crippen molar-refractivity contribution in [3.05, 3.63) is 0 Å². The third kappa shape index (κ3) is 3.57. The number of rotatable bonds is 5. The van der Waals surface area contributed by atoms with Gasteiger partial charge in [-0.25, -0.2) is 23.1 Å². The summed E-state index contributed by atoms with van der Waals surface area (Å²) >= 11 is 0. The van der Waals surface area contributed by atoms with Crippen LogP contribution in [0.3, 0.4) is 0 Å². The number of likely N-dealkylation sites (tertiary alicyclic amines) is 1. The Balaban J connectivity index is 2.68. The minimum absolute atomic E-state index is 0.131. The van der Waals surface area contributed by atoms with Gasteiger partial charge in [0, 0.05) is 13.1 Å². The number of hydrogen-bond donors (Lipinski definition) is 3. The van der Waals surface area contributed by atoms with Crippen LogP contribution in [0.25, 0.3) is 0 Å². The Morgan fingerprint density at radius 3 is 2.58 bits per heavy atom. The van der Waals surface area contributed by atoms with Gasteiger partial charge in [0.1, 0.15) is 5.54 Å². The third-order valence-corrected chi connectivity index (χ3v) is 4.15. The van der Waals surface area contributed by atoms with E-state index < -0.39 is 27.6 Å². The highest BCUT2D eigenvalue weighted by Gasteiger charge is 2.48. The number of hydrogen-bond acceptors (Lipinski definition) is 4. The third-order valence-electron chi connectivity index (χ3n) is 3.38. The van der Waals surface area contributed by atoms with E-state index >= 15 is 0 Å². The van der Waals surface area contributed by atoms with E-state index in [4.69, 9.17) is 5.14 Å². The molecular weight excluding hydrogens is 274 g/mol. The van der Waals surface area contributed by atoms with Gasteiger partial charge in [-0.1, -0.05) is 6.92 Å². The van der Waals surface area contributed by atoms with Gasteiger partial charge < -0.3 is 15.3 Å². The summed E-state index contributed by atoms with van der Waals surface area (Å²) in [5.41, 5.74) is -1.19. The first-order chi connectivity index (χ1) is 8.73. The second-order valence-electron chi connectivity index (χ2n) is 4.54. The highest BCUT2D eigenvalue weighted by molar-refractivity contribution is 7.89. The number of nitrogens with zero attached hydrogens (tertiary/aromatic N) is 1. The highest BCUT2D eigenvalue weighted by atomic mass is 32.2. The molecule has 0 aromatic rings. The molecule has 1 heterocycles. The Kier molecular flexibility index (Phi) is 4.75. The average Bonchev–Trinajstić information content (AvgIpc) is 2.71. The van der Waals surface area contributed by atoms with E-state index in [2.05, 4.69) is 5.32 Å². The van der Waals surface area contributed by atoms with Gasteiger partial charge in [-0.15, -0.1) is 0 Å². The quantitative estimate of drug-likeness (QED) is 0.618. The maximum absolute atomic E-state index is 11.9. The van der Waals surface area contributed by atoms with E-state index in [0.717, 1.165) is 0 Å². The number of primary sulfonamides is 1. The van der Waals surface area contributed by atoms with Gasteiger partial charge in [-0.3, -0.25) is 0 Å². The van der Waals surface area contributed by atoms with E-state index in [-0.39, 0.29) is 12.3 Å². The standard InChI is InChI=1S/C10H19N3O5S/c1-2-10(8(14)15)4-3-6-13(10)9(16)12-5-7-19(11,17)18/h2-7H2,1H3,(H,12,16)(H,14,15)(H2,11,17,18). The lowest BCUT2D eigenvalue weighted by atomic mass is 9.93. The van der Waals surface area contributed by atoms with Crippen molar-refractivity contribution in [2.24, 2.45) is 5.14 Å². The van der Waals surface area contributed by atoms with Crippen LogP contribution >= 0.6 is 0 Å². The van der Waals surface area contributed by atoms with Gasteiger partial charge in [-0.2, -0.15) is 0 Å². The van der Waals surface area contributed by atoms with Gasteiger partial charge in [0.25, 0.3) is 0 Å². The molecular formula is C10H19N3O5S. The van der Waals surface area contributed by atoms with Crippen molar-refractivity contribution in [3.8, 4) is 0 Å². The van der Waals surface area contributed by atoms with Gasteiger partial charge in [0.05, 0.1) is 5.75 Å². The summed E-state index contributed by atoms with van der Waals surface area (Å²) in [6, 6.07) is -0.564. The molecule has 1 fully saturated rings. The van der Waals surface area contributed by atoms with Crippen LogP contribution in [0.15, 0.2) is 0 Å². The predicted octanol–water partition coefficient (Wildman–Crippen LogP) is -0.686. The molecule has 8 nitrogen and oxygen atoms in total. The molecule has 1 atom stereocenters. The van der Waals surface area contributed by atoms with Crippen LogP contribution in [-0.2, 0) is 14.8 Å². The van der Waals surface area contributed by atoms with E-state index in [9.17, 15) is 23.1 Å². The molecule has 0 aromatic carbocycles. The average molecular weight is 293 g/mol. The topological polar surface area (TPSA) is 130 Å². The number of carbonyl (C=O) groups excluding carboxylic acids is 1. The second-order valence-corrected chi connectivity index (χ2v) is 6.28. The van der Waals surface area contributed by atoms with E-state index in [1.807, 2.05) is 0 Å². The first-order valence-corrected chi connectivity index (χ1v) is 7.74. The van der Waals surface area contributed by atoms with Crippen molar-refractivity contribution in [3.63, 3.8) is 0 Å². The number of carboxylic acid groups (broad SMARTS) is 1. The number of nitrogens with two attached hydrogens (primary N) is 1. The van der Waals surface area contributed by atoms with Crippen molar-refractivity contribution in [2.45, 2.75) is 31.7 Å². The Bertz CT molecular complexity index is 464. The summed E-state index contributed by atoms with van der Waals surface area (Å²) in [6.07, 6.45) is 1.33. The Hall–Kier alpha value is -1.35. The minimum Gasteiger partial charge on any atom is -0.479 e. The molecule has 1 rings (SSSR count). The first kappa shape index (κ1) is 15.7. The summed E-state index contributed by atoms with van der Waals surface area (Å²) < 4.78 is 21.5. The van der Waals surface area contributed by atoms with Crippen molar-refractivity contribution >= 4 is 22.0 Å². The zero-order valence-electron chi connectivity index (χ0n) is 10.8. The maximum Gasteiger partial charge on any atom is 0.329 e. The van der Waals surface area contributed by atoms with Crippen LogP contribution in [0.2, 0.25) is 0 Å². The van der Waals surface area contributed by atoms with E-state index in [0.29, 0.717) is 25.8 Å². The molecule has 0 spiro atoms. The van der Waals surface area contributed by atoms with Crippen molar-refractivity contribution < 1.29 is 23.1 Å². The van der Waals surface area contributed by atoms with Crippen molar-refractivity contribution in [2.75, 3.05) is 18.8 Å². The molecule has 4 N–H and O–H groups in total. The molecule has 19 heavy (non-hydrogen) atoms. The number of carbonyl (C=O) groups is 2. The van der Waals surface area contributed by atoms with Crippen molar-refractivity contribution in [1.29, 1.82) is 0 Å². The van der Waals surface area contributed by atoms with Crippen LogP contribution in [0, 0.1) is 0 Å². The molecule has 110 valence electrons. The fourth-order valence-corrected chi connectivity index (χ4v) is 2.70. The Morgan fingerprint density at radius 2 is 2.11 bits per heavy atom. The number of sulfonamides is 1. The zero-order chi connectivity index (χ0) is 14.7. The molecule has 0 radical (unpaired) electrons. The van der Waals surface area contributed by atoms with Crippen LogP contribution in [0.1, 0.15) is 26.2 Å². The molecule has 1 unspecified atom stereocenters. The lowest BCUT2D eigenvalue weighted by Gasteiger charge is -2.33. The summed E-state index contributed by atoms with van der Waals surface area (Å²) in [4.78, 5) is 24.6. The van der Waals surface area contributed by atoms with E-state index in [1.54, 1.807) is 6.92 Å². The van der Waals surface area contributed by atoms with Crippen LogP contribution in [0.5, 0.6) is 0 Å². The normalized spacial score (nSPS) is 23.4. The van der Waals surface area contributed by atoms with Gasteiger partial charge in [0.15, 0.2) is 0 Å². The summed E-state index contributed by atoms with van der Waals surface area (Å²) in [5, 5.41) is 16.5. The Morgan fingerprint density at radius 1 is 1.47 bits per heavy atom. The molecule has 0 bridgehead atoms. The molecule has 0 saturated carbocycles. The van der Waals surface area contributed by atoms with Crippen LogP contribution in [0.4, 0.5) is 4.79 Å². The Labute approximate surface area is 112 Å². The number of nitrogens with one attached hydrogen (secondary N) is 1. The zero-order valence-corrected chi connectivity index (χ0v) is 11.6. The second kappa shape index (κ2) is 5.74. The molecule has 2 amide bonds. The lowest BCUT2D eigenvalue weighted by Crippen LogP contribution is -2.56. The van der Waals surface area contributed by atoms with Crippen LogP contribution < -0.4 is 10.5 Å². The maximum atomic E-state index is 11.9. The van der Waals surface area contributed by atoms with Gasteiger partial charge in [-0.05, 0) is 19.3 Å². The van der Waals surface area contributed by atoms with Gasteiger partial charge in [0.2, 0.25) is 10.0 Å². The SMILES string of the molecule is CCC1(C(=O)O)CCCN1C(=O)NCCS(N)(=O)=O. The smallest absolute Gasteiger partial charge is 0.329 e. The summed E-state index contributed by atoms with van der Waals surface area (Å²) in [6.45, 7) is 1.93. The largest absolute Gasteiger partial charge is 0.479 e. The minimum atomic E-state index is -3.64. The number of amides is 2. The number of aliphatic carboxylic acids is 1. The highest BCUT2D eigenvalue weighted by Crippen LogP contribution is 2.32. The first-order valence-electron chi connectivity index (χ1n) is 6.02. The number of urea groups is 1. The molecule has 0 aromatic heterocycles. The summed E-state index contributed by atoms with van der Waals surface area (Å²) in [7, 11) is -3.64. The summed E-state index contributed by atoms with van der Waals surface area (Å²) in [5.74, 6) is -1.41. The van der Waals surface area contributed by atoms with Crippen molar-refractivity contribution in [1.82, 2.24) is 10.2 Å². The molecule has 1 aliphatic rings.